The Morgan fingerprint density at radius 3 is 2.46 bits per heavy atom. The zero-order chi connectivity index (χ0) is 10.1. The van der Waals surface area contributed by atoms with Gasteiger partial charge in [-0.25, -0.2) is 9.89 Å². The summed E-state index contributed by atoms with van der Waals surface area (Å²) in [7, 11) is 0. The predicted molar refractivity (Wildman–Crippen MR) is 54.3 cm³/mol. The van der Waals surface area contributed by atoms with Gasteiger partial charge in [0.05, 0.1) is 0 Å². The SMILES string of the molecule is CCC(C)(C)Cn1c(=O)[nH][nH]c1=S. The molecule has 0 spiro atoms. The summed E-state index contributed by atoms with van der Waals surface area (Å²) in [6.07, 6.45) is 1.01. The van der Waals surface area contributed by atoms with Gasteiger partial charge in [0.1, 0.15) is 0 Å². The Morgan fingerprint density at radius 1 is 1.46 bits per heavy atom. The van der Waals surface area contributed by atoms with Crippen LogP contribution >= 0.6 is 12.2 Å². The van der Waals surface area contributed by atoms with Crippen LogP contribution in [0.3, 0.4) is 0 Å². The molecule has 0 unspecified atom stereocenters. The number of rotatable bonds is 3. The molecule has 1 rings (SSSR count). The van der Waals surface area contributed by atoms with E-state index in [0.29, 0.717) is 11.3 Å². The molecular formula is C8H15N3OS. The number of H-pyrrole nitrogens is 2. The van der Waals surface area contributed by atoms with Gasteiger partial charge in [0.15, 0.2) is 4.77 Å². The van der Waals surface area contributed by atoms with Gasteiger partial charge in [-0.2, -0.15) is 0 Å². The second kappa shape index (κ2) is 3.49. The molecule has 0 fully saturated rings. The normalized spacial score (nSPS) is 11.9. The van der Waals surface area contributed by atoms with E-state index >= 15 is 0 Å². The van der Waals surface area contributed by atoms with Crippen molar-refractivity contribution in [2.24, 2.45) is 5.41 Å². The van der Waals surface area contributed by atoms with E-state index in [1.54, 1.807) is 4.57 Å². The summed E-state index contributed by atoms with van der Waals surface area (Å²) in [5.41, 5.74) is -0.0560. The first-order valence-electron chi connectivity index (χ1n) is 4.34. The van der Waals surface area contributed by atoms with Crippen molar-refractivity contribution >= 4 is 12.2 Å². The Balaban J connectivity index is 2.99. The maximum absolute atomic E-state index is 11.2. The van der Waals surface area contributed by atoms with Gasteiger partial charge in [0, 0.05) is 6.54 Å². The van der Waals surface area contributed by atoms with E-state index in [2.05, 4.69) is 31.0 Å². The van der Waals surface area contributed by atoms with Crippen molar-refractivity contribution in [3.05, 3.63) is 15.3 Å². The Hall–Kier alpha value is -0.840. The van der Waals surface area contributed by atoms with Crippen molar-refractivity contribution in [3.8, 4) is 0 Å². The lowest BCUT2D eigenvalue weighted by Crippen LogP contribution is -2.26. The molecule has 0 atom stereocenters. The van der Waals surface area contributed by atoms with Crippen LogP contribution < -0.4 is 5.69 Å². The van der Waals surface area contributed by atoms with Gasteiger partial charge in [0.25, 0.3) is 0 Å². The average molecular weight is 201 g/mol. The minimum absolute atomic E-state index is 0.105. The number of nitrogens with zero attached hydrogens (tertiary/aromatic N) is 1. The molecule has 1 aromatic heterocycles. The van der Waals surface area contributed by atoms with Crippen LogP contribution in [0.2, 0.25) is 0 Å². The number of aromatic amines is 2. The van der Waals surface area contributed by atoms with Crippen molar-refractivity contribution < 1.29 is 0 Å². The van der Waals surface area contributed by atoms with Crippen molar-refractivity contribution in [2.45, 2.75) is 33.7 Å². The van der Waals surface area contributed by atoms with Crippen LogP contribution in [0.25, 0.3) is 0 Å². The quantitative estimate of drug-likeness (QED) is 0.731. The van der Waals surface area contributed by atoms with Crippen molar-refractivity contribution in [1.29, 1.82) is 0 Å². The van der Waals surface area contributed by atoms with E-state index in [1.807, 2.05) is 0 Å². The summed E-state index contributed by atoms with van der Waals surface area (Å²) in [6, 6.07) is 0. The van der Waals surface area contributed by atoms with Crippen molar-refractivity contribution in [3.63, 3.8) is 0 Å². The fourth-order valence-electron chi connectivity index (χ4n) is 1.02. The summed E-state index contributed by atoms with van der Waals surface area (Å²) in [6.45, 7) is 6.98. The van der Waals surface area contributed by atoms with Crippen LogP contribution in [0.4, 0.5) is 0 Å². The van der Waals surface area contributed by atoms with Crippen LogP contribution in [0.15, 0.2) is 4.79 Å². The van der Waals surface area contributed by atoms with Crippen LogP contribution in [0.5, 0.6) is 0 Å². The molecule has 74 valence electrons. The monoisotopic (exact) mass is 201 g/mol. The molecule has 0 saturated carbocycles. The Kier molecular flexibility index (Phi) is 2.75. The second-order valence-corrected chi connectivity index (χ2v) is 4.35. The van der Waals surface area contributed by atoms with E-state index in [-0.39, 0.29) is 11.1 Å². The van der Waals surface area contributed by atoms with Crippen LogP contribution in [-0.4, -0.2) is 14.8 Å². The molecule has 0 aromatic carbocycles. The number of aromatic nitrogens is 3. The van der Waals surface area contributed by atoms with Crippen LogP contribution in [0, 0.1) is 10.2 Å². The van der Waals surface area contributed by atoms with Gasteiger partial charge in [-0.05, 0) is 24.1 Å². The summed E-state index contributed by atoms with van der Waals surface area (Å²) < 4.78 is 2.02. The van der Waals surface area contributed by atoms with Crippen LogP contribution in [0.1, 0.15) is 27.2 Å². The van der Waals surface area contributed by atoms with Gasteiger partial charge in [0.2, 0.25) is 0 Å². The van der Waals surface area contributed by atoms with E-state index in [1.165, 1.54) is 0 Å². The van der Waals surface area contributed by atoms with E-state index in [0.717, 1.165) is 6.42 Å². The lowest BCUT2D eigenvalue weighted by molar-refractivity contribution is 0.289. The molecule has 5 heteroatoms. The van der Waals surface area contributed by atoms with Gasteiger partial charge in [-0.1, -0.05) is 20.8 Å². The fourth-order valence-corrected chi connectivity index (χ4v) is 1.22. The third-order valence-corrected chi connectivity index (χ3v) is 2.63. The zero-order valence-electron chi connectivity index (χ0n) is 8.18. The van der Waals surface area contributed by atoms with E-state index in [4.69, 9.17) is 12.2 Å². The van der Waals surface area contributed by atoms with Gasteiger partial charge >= 0.3 is 5.69 Å². The van der Waals surface area contributed by atoms with E-state index in [9.17, 15) is 4.79 Å². The molecule has 13 heavy (non-hydrogen) atoms. The molecule has 0 aliphatic carbocycles. The van der Waals surface area contributed by atoms with Gasteiger partial charge in [-0.15, -0.1) is 0 Å². The first kappa shape index (κ1) is 10.2. The largest absolute Gasteiger partial charge is 0.342 e. The lowest BCUT2D eigenvalue weighted by Gasteiger charge is -2.21. The average Bonchev–Trinajstić information content (AvgIpc) is 2.36. The smallest absolute Gasteiger partial charge is 0.272 e. The Morgan fingerprint density at radius 2 is 2.08 bits per heavy atom. The van der Waals surface area contributed by atoms with Crippen molar-refractivity contribution in [1.82, 2.24) is 14.8 Å². The molecule has 0 saturated heterocycles. The zero-order valence-corrected chi connectivity index (χ0v) is 8.99. The summed E-state index contributed by atoms with van der Waals surface area (Å²) in [5.74, 6) is 0. The Bertz CT molecular complexity index is 357. The first-order valence-corrected chi connectivity index (χ1v) is 4.74. The second-order valence-electron chi connectivity index (χ2n) is 3.96. The van der Waals surface area contributed by atoms with E-state index < -0.39 is 0 Å². The standard InChI is InChI=1S/C8H15N3OS/c1-4-8(2,3)5-11-6(12)9-10-7(11)13/h4-5H2,1-3H3,(H,9,12)(H,10,13). The number of nitrogens with one attached hydrogen (secondary N) is 2. The maximum Gasteiger partial charge on any atom is 0.342 e. The minimum Gasteiger partial charge on any atom is -0.272 e. The number of hydrogen-bond donors (Lipinski definition) is 2. The topological polar surface area (TPSA) is 53.6 Å². The lowest BCUT2D eigenvalue weighted by atomic mass is 9.90. The summed E-state index contributed by atoms with van der Waals surface area (Å²) in [4.78, 5) is 11.2. The molecule has 1 heterocycles. The summed E-state index contributed by atoms with van der Waals surface area (Å²) >= 11 is 4.96. The molecule has 0 amide bonds. The molecule has 0 bridgehead atoms. The minimum atomic E-state index is -0.161. The fraction of sp³-hybridized carbons (Fsp3) is 0.750. The highest BCUT2D eigenvalue weighted by Gasteiger charge is 2.17. The third kappa shape index (κ3) is 2.30. The number of hydrogen-bond acceptors (Lipinski definition) is 2. The Labute approximate surface area is 82.0 Å². The van der Waals surface area contributed by atoms with Crippen LogP contribution in [-0.2, 0) is 6.54 Å². The molecule has 0 aliphatic rings. The summed E-state index contributed by atoms with van der Waals surface area (Å²) in [5, 5.41) is 5.09. The predicted octanol–water partition coefficient (Wildman–Crippen LogP) is 1.67. The molecule has 4 nitrogen and oxygen atoms in total. The van der Waals surface area contributed by atoms with Crippen molar-refractivity contribution in [2.75, 3.05) is 0 Å². The molecule has 2 N–H and O–H groups in total. The van der Waals surface area contributed by atoms with Gasteiger partial charge in [-0.3, -0.25) is 9.67 Å². The molecule has 0 radical (unpaired) electrons. The van der Waals surface area contributed by atoms with Gasteiger partial charge < -0.3 is 0 Å². The molecule has 0 aliphatic heterocycles. The first-order chi connectivity index (χ1) is 5.96. The molecular weight excluding hydrogens is 186 g/mol. The highest BCUT2D eigenvalue weighted by Crippen LogP contribution is 2.21. The third-order valence-electron chi connectivity index (χ3n) is 2.31. The molecule has 1 aromatic rings. The maximum atomic E-state index is 11.2. The highest BCUT2D eigenvalue weighted by atomic mass is 32.1. The highest BCUT2D eigenvalue weighted by molar-refractivity contribution is 7.71.